The van der Waals surface area contributed by atoms with E-state index in [4.69, 9.17) is 9.47 Å². The van der Waals surface area contributed by atoms with Gasteiger partial charge < -0.3 is 0 Å². The number of nitrogens with one attached hydrogen (secondary N) is 1. The van der Waals surface area contributed by atoms with E-state index < -0.39 is 23.0 Å². The fourth-order valence-electron chi connectivity index (χ4n) is 2.77. The molecule has 0 heterocycles. The summed E-state index contributed by atoms with van der Waals surface area (Å²) < 4.78 is 10.6. The number of amides is 1. The van der Waals surface area contributed by atoms with E-state index in [9.17, 15) is 19.7 Å². The Balaban J connectivity index is 1.60. The van der Waals surface area contributed by atoms with E-state index in [2.05, 4.69) is 5.32 Å². The van der Waals surface area contributed by atoms with Gasteiger partial charge in [-0.3, -0.25) is 0 Å². The van der Waals surface area contributed by atoms with Crippen LogP contribution in [-0.4, -0.2) is 38.0 Å². The Morgan fingerprint density at radius 2 is 1.52 bits per heavy atom. The zero-order valence-electron chi connectivity index (χ0n) is 17.6. The summed E-state index contributed by atoms with van der Waals surface area (Å²) in [5.74, 6) is -0.499. The molecule has 0 fully saturated rings. The number of hydrogen-bond acceptors (Lipinski definition) is 6. The molecule has 3 aromatic carbocycles. The molecule has 0 spiro atoms. The van der Waals surface area contributed by atoms with Crippen molar-refractivity contribution in [2.24, 2.45) is 0 Å². The van der Waals surface area contributed by atoms with Crippen molar-refractivity contribution in [3.8, 4) is 5.75 Å². The summed E-state index contributed by atoms with van der Waals surface area (Å²) in [6.45, 7) is 0.0753. The van der Waals surface area contributed by atoms with E-state index in [1.165, 1.54) is 24.3 Å². The fourth-order valence-corrected chi connectivity index (χ4v) is 4.87. The van der Waals surface area contributed by atoms with Crippen LogP contribution >= 0.6 is 0 Å². The minimum absolute atomic E-state index is 0.00717. The van der Waals surface area contributed by atoms with Gasteiger partial charge >= 0.3 is 197 Å². The van der Waals surface area contributed by atoms with Gasteiger partial charge in [0.1, 0.15) is 0 Å². The van der Waals surface area contributed by atoms with Crippen molar-refractivity contribution >= 4 is 32.7 Å². The first-order chi connectivity index (χ1) is 16.0. The van der Waals surface area contributed by atoms with E-state index in [1.54, 1.807) is 0 Å². The van der Waals surface area contributed by atoms with Crippen molar-refractivity contribution in [1.29, 1.82) is 0 Å². The van der Waals surface area contributed by atoms with E-state index in [1.807, 2.05) is 60.7 Å². The van der Waals surface area contributed by atoms with Crippen LogP contribution in [0.3, 0.4) is 0 Å². The maximum absolute atomic E-state index is 12.8. The molecule has 0 aliphatic rings. The molecular weight excluding hydrogens is 491 g/mol. The third kappa shape index (κ3) is 8.06. The first kappa shape index (κ1) is 24.0. The van der Waals surface area contributed by atoms with Crippen LogP contribution in [0.2, 0.25) is 5.32 Å². The van der Waals surface area contributed by atoms with Crippen molar-refractivity contribution in [3.05, 3.63) is 106 Å². The molecule has 0 saturated heterocycles. The number of ether oxygens (including phenoxy) is 2. The second kappa shape index (κ2) is 12.4. The zero-order valence-corrected chi connectivity index (χ0v) is 19.3. The maximum atomic E-state index is 12.8. The Kier molecular flexibility index (Phi) is 8.99. The molecule has 9 heteroatoms. The molecule has 0 aliphatic carbocycles. The Bertz CT molecular complexity index is 1060. The first-order valence-corrected chi connectivity index (χ1v) is 12.5. The number of nitro benzene ring substituents is 1. The van der Waals surface area contributed by atoms with Crippen LogP contribution in [-0.2, 0) is 21.5 Å². The molecule has 33 heavy (non-hydrogen) atoms. The fraction of sp³-hybridized carbons (Fsp3) is 0.167. The molecule has 1 N–H and O–H groups in total. The van der Waals surface area contributed by atoms with Crippen LogP contribution in [0.1, 0.15) is 11.1 Å². The molecule has 1 amide bonds. The van der Waals surface area contributed by atoms with Gasteiger partial charge in [0.05, 0.1) is 0 Å². The molecule has 170 valence electrons. The molecular formula is C24H22N2O6Se. The van der Waals surface area contributed by atoms with E-state index in [0.717, 1.165) is 16.4 Å². The summed E-state index contributed by atoms with van der Waals surface area (Å²) in [4.78, 5) is 35.4. The summed E-state index contributed by atoms with van der Waals surface area (Å²) in [5, 5.41) is 14.6. The third-order valence-corrected chi connectivity index (χ3v) is 6.77. The average Bonchev–Trinajstić information content (AvgIpc) is 2.84. The molecule has 0 saturated carbocycles. The van der Waals surface area contributed by atoms with Gasteiger partial charge in [0, 0.05) is 0 Å². The second-order valence-corrected chi connectivity index (χ2v) is 9.09. The van der Waals surface area contributed by atoms with Crippen LogP contribution in [0.15, 0.2) is 84.9 Å². The normalized spacial score (nSPS) is 11.3. The average molecular weight is 513 g/mol. The quantitative estimate of drug-likeness (QED) is 0.144. The molecule has 3 aromatic rings. The summed E-state index contributed by atoms with van der Waals surface area (Å²) in [6.07, 6.45) is -0.722. The Morgan fingerprint density at radius 3 is 2.12 bits per heavy atom. The molecule has 0 aliphatic heterocycles. The molecule has 3 rings (SSSR count). The number of benzene rings is 3. The monoisotopic (exact) mass is 514 g/mol. The van der Waals surface area contributed by atoms with Crippen LogP contribution in [0.5, 0.6) is 5.75 Å². The number of hydrogen-bond donors (Lipinski definition) is 1. The van der Waals surface area contributed by atoms with Crippen LogP contribution < -0.4 is 10.1 Å². The number of nitro groups is 1. The summed E-state index contributed by atoms with van der Waals surface area (Å²) in [5.41, 5.74) is 1.86. The minimum atomic E-state index is -0.910. The first-order valence-electron chi connectivity index (χ1n) is 10.1. The topological polar surface area (TPSA) is 108 Å². The van der Waals surface area contributed by atoms with Gasteiger partial charge in [-0.25, -0.2) is 0 Å². The third-order valence-electron chi connectivity index (χ3n) is 4.45. The number of rotatable bonds is 10. The van der Waals surface area contributed by atoms with Gasteiger partial charge in [0.2, 0.25) is 0 Å². The van der Waals surface area contributed by atoms with E-state index in [0.29, 0.717) is 5.32 Å². The van der Waals surface area contributed by atoms with E-state index in [-0.39, 0.29) is 33.0 Å². The Morgan fingerprint density at radius 1 is 0.909 bits per heavy atom. The van der Waals surface area contributed by atoms with Crippen molar-refractivity contribution in [2.45, 2.75) is 23.3 Å². The number of carbonyl (C=O) groups excluding carboxylic acids is 2. The molecule has 8 nitrogen and oxygen atoms in total. The zero-order chi connectivity index (χ0) is 23.5. The van der Waals surface area contributed by atoms with Gasteiger partial charge in [-0.15, -0.1) is 0 Å². The number of alkyl carbamates (subject to hydrolysis) is 1. The molecule has 0 bridgehead atoms. The van der Waals surface area contributed by atoms with Crippen molar-refractivity contribution in [3.63, 3.8) is 0 Å². The summed E-state index contributed by atoms with van der Waals surface area (Å²) >= 11 is 0.00717. The number of esters is 1. The number of nitrogens with zero attached hydrogens (tertiary/aromatic N) is 1. The van der Waals surface area contributed by atoms with Crippen LogP contribution in [0.25, 0.3) is 0 Å². The molecule has 0 aromatic heterocycles. The predicted molar refractivity (Wildman–Crippen MR) is 123 cm³/mol. The second-order valence-electron chi connectivity index (χ2n) is 6.93. The Labute approximate surface area is 197 Å². The van der Waals surface area contributed by atoms with Gasteiger partial charge in [0.15, 0.2) is 0 Å². The van der Waals surface area contributed by atoms with Gasteiger partial charge in [-0.1, -0.05) is 0 Å². The SMILES string of the molecule is O=C(N[C@@H](C[Se]Cc1ccccc1)C(=O)Oc1ccc([N+](=O)[O-])cc1)OCc1ccccc1. The molecule has 0 unspecified atom stereocenters. The number of carbonyl (C=O) groups is 2. The van der Waals surface area contributed by atoms with Crippen molar-refractivity contribution in [2.75, 3.05) is 0 Å². The van der Waals surface area contributed by atoms with Crippen molar-refractivity contribution in [1.82, 2.24) is 5.32 Å². The summed E-state index contributed by atoms with van der Waals surface area (Å²) in [7, 11) is 0. The summed E-state index contributed by atoms with van der Waals surface area (Å²) in [6, 6.07) is 23.3. The standard InChI is InChI=1S/C24H22N2O6Se/c27-23(32-21-13-11-20(12-14-21)26(29)30)22(17-33-16-19-9-5-2-6-10-19)25-24(28)31-15-18-7-3-1-4-8-18/h1-14,22H,15-17H2,(H,25,28)/t22-/m0/s1. The van der Waals surface area contributed by atoms with E-state index >= 15 is 0 Å². The van der Waals surface area contributed by atoms with Crippen molar-refractivity contribution < 1.29 is 24.0 Å². The number of non-ortho nitro benzene ring substituents is 1. The van der Waals surface area contributed by atoms with Crippen LogP contribution in [0.4, 0.5) is 10.5 Å². The van der Waals surface area contributed by atoms with Crippen LogP contribution in [0, 0.1) is 10.1 Å². The van der Waals surface area contributed by atoms with Gasteiger partial charge in [-0.05, 0) is 0 Å². The molecule has 0 radical (unpaired) electrons. The predicted octanol–water partition coefficient (Wildman–Crippen LogP) is 4.12. The Hall–Kier alpha value is -3.68. The van der Waals surface area contributed by atoms with Gasteiger partial charge in [-0.2, -0.15) is 0 Å². The van der Waals surface area contributed by atoms with Gasteiger partial charge in [0.25, 0.3) is 0 Å². The molecule has 1 atom stereocenters.